The summed E-state index contributed by atoms with van der Waals surface area (Å²) in [7, 11) is 12.5. The monoisotopic (exact) mass is 333 g/mol. The topological polar surface area (TPSA) is 13.1 Å². The van der Waals surface area contributed by atoms with Crippen LogP contribution in [0.25, 0.3) is 5.57 Å². The van der Waals surface area contributed by atoms with Crippen LogP contribution in [-0.4, -0.2) is 0 Å². The van der Waals surface area contributed by atoms with Gasteiger partial charge in [0, 0.05) is 0 Å². The number of hydrogen-bond donors (Lipinski definition) is 0. The van der Waals surface area contributed by atoms with E-state index in [4.69, 9.17) is 21.4 Å². The SMILES string of the molecule is CC1=C(C)[CH]([Zr]([Cl])[Cl])C(c2ccc(C)o2)=C1. The second-order valence-electron chi connectivity index (χ2n) is 4.10. The third-order valence-corrected chi connectivity index (χ3v) is 8.46. The van der Waals surface area contributed by atoms with Gasteiger partial charge in [-0.2, -0.15) is 0 Å². The molecule has 1 aromatic heterocycles. The van der Waals surface area contributed by atoms with Gasteiger partial charge in [-0.15, -0.1) is 0 Å². The molecular weight excluding hydrogens is 322 g/mol. The Morgan fingerprint density at radius 2 is 1.88 bits per heavy atom. The molecule has 0 saturated heterocycles. The van der Waals surface area contributed by atoms with Gasteiger partial charge in [-0.05, 0) is 0 Å². The van der Waals surface area contributed by atoms with Crippen molar-refractivity contribution in [2.24, 2.45) is 0 Å². The Morgan fingerprint density at radius 1 is 1.19 bits per heavy atom. The molecule has 1 aliphatic carbocycles. The van der Waals surface area contributed by atoms with Crippen LogP contribution in [0.1, 0.15) is 25.4 Å². The van der Waals surface area contributed by atoms with Crippen LogP contribution in [-0.2, 0) is 19.4 Å². The van der Waals surface area contributed by atoms with E-state index in [9.17, 15) is 0 Å². The van der Waals surface area contributed by atoms with Crippen LogP contribution in [0.5, 0.6) is 0 Å². The summed E-state index contributed by atoms with van der Waals surface area (Å²) in [4.78, 5) is 0. The molecule has 0 amide bonds. The number of allylic oxidation sites excluding steroid dienone is 4. The van der Waals surface area contributed by atoms with Crippen LogP contribution in [0.3, 0.4) is 0 Å². The van der Waals surface area contributed by atoms with Crippen molar-refractivity contribution in [2.75, 3.05) is 0 Å². The van der Waals surface area contributed by atoms with Gasteiger partial charge in [0.2, 0.25) is 0 Å². The van der Waals surface area contributed by atoms with Crippen molar-refractivity contribution in [3.05, 3.63) is 40.9 Å². The van der Waals surface area contributed by atoms with E-state index in [1.54, 1.807) is 0 Å². The van der Waals surface area contributed by atoms with Crippen molar-refractivity contribution >= 4 is 22.6 Å². The molecule has 85 valence electrons. The van der Waals surface area contributed by atoms with Gasteiger partial charge in [0.1, 0.15) is 0 Å². The molecule has 1 aromatic rings. The Hall–Kier alpha value is 0.223. The molecule has 0 aromatic carbocycles. The second kappa shape index (κ2) is 4.84. The molecule has 0 spiro atoms. The first-order chi connectivity index (χ1) is 7.50. The van der Waals surface area contributed by atoms with Crippen molar-refractivity contribution in [3.8, 4) is 0 Å². The molecule has 1 aliphatic rings. The number of furan rings is 1. The zero-order valence-electron chi connectivity index (χ0n) is 9.47. The van der Waals surface area contributed by atoms with Gasteiger partial charge in [0.15, 0.2) is 0 Å². The predicted molar refractivity (Wildman–Crippen MR) is 65.3 cm³/mol. The fourth-order valence-electron chi connectivity index (χ4n) is 1.98. The quantitative estimate of drug-likeness (QED) is 0.738. The van der Waals surface area contributed by atoms with Crippen molar-refractivity contribution in [1.82, 2.24) is 0 Å². The molecule has 1 nitrogen and oxygen atoms in total. The molecule has 16 heavy (non-hydrogen) atoms. The van der Waals surface area contributed by atoms with Gasteiger partial charge in [-0.3, -0.25) is 0 Å². The van der Waals surface area contributed by atoms with Crippen LogP contribution >= 0.6 is 17.0 Å². The van der Waals surface area contributed by atoms with Gasteiger partial charge in [-0.1, -0.05) is 0 Å². The molecule has 0 aliphatic heterocycles. The van der Waals surface area contributed by atoms with E-state index in [0.29, 0.717) is 0 Å². The zero-order valence-corrected chi connectivity index (χ0v) is 13.4. The summed E-state index contributed by atoms with van der Waals surface area (Å²) in [6.07, 6.45) is 2.16. The van der Waals surface area contributed by atoms with Gasteiger partial charge in [-0.25, -0.2) is 0 Å². The van der Waals surface area contributed by atoms with Crippen molar-refractivity contribution < 1.29 is 23.8 Å². The fourth-order valence-corrected chi connectivity index (χ4v) is 7.80. The Bertz CT molecular complexity index is 471. The maximum absolute atomic E-state index is 6.24. The van der Waals surface area contributed by atoms with Crippen LogP contribution < -0.4 is 0 Å². The van der Waals surface area contributed by atoms with Crippen molar-refractivity contribution in [1.29, 1.82) is 0 Å². The molecule has 0 saturated carbocycles. The Kier molecular flexibility index (Phi) is 3.83. The van der Waals surface area contributed by atoms with E-state index in [0.717, 1.165) is 11.5 Å². The minimum absolute atomic E-state index is 0.247. The van der Waals surface area contributed by atoms with Crippen LogP contribution in [0.15, 0.2) is 33.8 Å². The molecule has 0 radical (unpaired) electrons. The summed E-state index contributed by atoms with van der Waals surface area (Å²) in [5.74, 6) is 1.84. The van der Waals surface area contributed by atoms with E-state index in [1.807, 2.05) is 19.1 Å². The summed E-state index contributed by atoms with van der Waals surface area (Å²) in [6, 6.07) is 3.97. The average Bonchev–Trinajstić information content (AvgIpc) is 2.73. The van der Waals surface area contributed by atoms with Crippen LogP contribution in [0.4, 0.5) is 0 Å². The van der Waals surface area contributed by atoms with E-state index in [2.05, 4.69) is 19.9 Å². The fraction of sp³-hybridized carbons (Fsp3) is 0.333. The van der Waals surface area contributed by atoms with Gasteiger partial charge >= 0.3 is 112 Å². The number of halogens is 2. The van der Waals surface area contributed by atoms with Gasteiger partial charge in [0.05, 0.1) is 0 Å². The molecule has 1 unspecified atom stereocenters. The van der Waals surface area contributed by atoms with E-state index in [1.165, 1.54) is 16.7 Å². The number of hydrogen-bond acceptors (Lipinski definition) is 1. The van der Waals surface area contributed by atoms with Crippen LogP contribution in [0, 0.1) is 6.92 Å². The van der Waals surface area contributed by atoms with E-state index >= 15 is 0 Å². The Morgan fingerprint density at radius 3 is 2.38 bits per heavy atom. The second-order valence-corrected chi connectivity index (χ2v) is 12.9. The summed E-state index contributed by atoms with van der Waals surface area (Å²) in [5, 5.41) is 0. The first-order valence-electron chi connectivity index (χ1n) is 5.14. The molecule has 2 rings (SSSR count). The molecule has 1 heterocycles. The molecule has 0 N–H and O–H groups in total. The summed E-state index contributed by atoms with van der Waals surface area (Å²) >= 11 is -2.34. The first-order valence-corrected chi connectivity index (χ1v) is 12.9. The number of aryl methyl sites for hydroxylation is 1. The summed E-state index contributed by atoms with van der Waals surface area (Å²) in [5.41, 5.74) is 3.75. The van der Waals surface area contributed by atoms with Gasteiger partial charge in [0.25, 0.3) is 0 Å². The Balaban J connectivity index is 2.40. The van der Waals surface area contributed by atoms with Gasteiger partial charge < -0.3 is 0 Å². The predicted octanol–water partition coefficient (Wildman–Crippen LogP) is 5.04. The molecule has 0 fully saturated rings. The summed E-state index contributed by atoms with van der Waals surface area (Å²) < 4.78 is 5.91. The normalized spacial score (nSPS) is 20.3. The van der Waals surface area contributed by atoms with Crippen LogP contribution in [0.2, 0.25) is 3.63 Å². The standard InChI is InChI=1S/C12H13O.2ClH.Zr/c1-8-6-11(7-9(8)2)12-5-4-10(3)13-12;;;/h4-7H,1-3H3;2*1H;/q;;;+2/p-2. The minimum atomic E-state index is -2.34. The maximum atomic E-state index is 6.24. The molecule has 4 heteroatoms. The van der Waals surface area contributed by atoms with Crippen molar-refractivity contribution in [2.45, 2.75) is 24.4 Å². The first kappa shape index (κ1) is 12.7. The number of rotatable bonds is 2. The summed E-state index contributed by atoms with van der Waals surface area (Å²) in [6.45, 7) is 6.16. The van der Waals surface area contributed by atoms with E-state index < -0.39 is 19.4 Å². The average molecular weight is 335 g/mol. The molecule has 0 bridgehead atoms. The van der Waals surface area contributed by atoms with Crippen molar-refractivity contribution in [3.63, 3.8) is 0 Å². The molecule has 1 atom stereocenters. The molecular formula is C12H13Cl2OZr. The zero-order chi connectivity index (χ0) is 11.9. The van der Waals surface area contributed by atoms with E-state index in [-0.39, 0.29) is 3.63 Å². The third kappa shape index (κ3) is 2.25. The Labute approximate surface area is 111 Å². The third-order valence-electron chi connectivity index (χ3n) is 2.98.